The lowest BCUT2D eigenvalue weighted by atomic mass is 10.1. The minimum atomic E-state index is -1.05. The smallest absolute Gasteiger partial charge is 0.328 e. The van der Waals surface area contributed by atoms with E-state index in [-0.39, 0.29) is 12.3 Å². The van der Waals surface area contributed by atoms with Gasteiger partial charge in [0.1, 0.15) is 5.82 Å². The zero-order chi connectivity index (χ0) is 23.8. The fraction of sp³-hybridized carbons (Fsp3) is 0.385. The molecule has 0 atom stereocenters. The van der Waals surface area contributed by atoms with Crippen LogP contribution in [0.5, 0.6) is 0 Å². The van der Waals surface area contributed by atoms with Gasteiger partial charge in [-0.05, 0) is 59.7 Å². The second-order valence-corrected chi connectivity index (χ2v) is 8.96. The number of nitrogens with zero attached hydrogens (tertiary/aromatic N) is 1. The van der Waals surface area contributed by atoms with Gasteiger partial charge in [0.2, 0.25) is 5.91 Å². The molecule has 6 heteroatoms. The van der Waals surface area contributed by atoms with E-state index in [1.807, 2.05) is 12.1 Å². The molecule has 0 fully saturated rings. The first-order chi connectivity index (χ1) is 15.0. The molecular formula is C26H33FN2O3. The van der Waals surface area contributed by atoms with Gasteiger partial charge >= 0.3 is 5.97 Å². The van der Waals surface area contributed by atoms with E-state index in [0.717, 1.165) is 30.4 Å². The van der Waals surface area contributed by atoms with Crippen LogP contribution in [0.1, 0.15) is 44.4 Å². The molecule has 0 aliphatic carbocycles. The first kappa shape index (κ1) is 25.1. The quantitative estimate of drug-likeness (QED) is 0.477. The minimum Gasteiger partial charge on any atom is -0.478 e. The average Bonchev–Trinajstić information content (AvgIpc) is 2.67. The number of hydrogen-bond acceptors (Lipinski definition) is 3. The average molecular weight is 441 g/mol. The number of aliphatic carboxylic acids is 1. The van der Waals surface area contributed by atoms with Crippen molar-refractivity contribution in [2.45, 2.75) is 41.0 Å². The van der Waals surface area contributed by atoms with Gasteiger partial charge in [-0.3, -0.25) is 4.79 Å². The zero-order valence-corrected chi connectivity index (χ0v) is 19.5. The van der Waals surface area contributed by atoms with Crippen LogP contribution < -0.4 is 10.2 Å². The van der Waals surface area contributed by atoms with Gasteiger partial charge in [0.25, 0.3) is 0 Å². The third-order valence-electron chi connectivity index (χ3n) is 4.78. The molecule has 0 heterocycles. The Morgan fingerprint density at radius 1 is 1.06 bits per heavy atom. The highest BCUT2D eigenvalue weighted by molar-refractivity contribution is 5.96. The highest BCUT2D eigenvalue weighted by atomic mass is 19.1. The van der Waals surface area contributed by atoms with Crippen LogP contribution in [0.25, 0.3) is 6.08 Å². The summed E-state index contributed by atoms with van der Waals surface area (Å²) in [6, 6.07) is 10.3. The van der Waals surface area contributed by atoms with Gasteiger partial charge < -0.3 is 15.3 Å². The molecule has 2 aromatic carbocycles. The van der Waals surface area contributed by atoms with E-state index in [2.05, 4.69) is 37.9 Å². The molecule has 0 saturated carbocycles. The lowest BCUT2D eigenvalue weighted by Gasteiger charge is -2.30. The fourth-order valence-corrected chi connectivity index (χ4v) is 3.52. The molecular weight excluding hydrogens is 407 g/mol. The van der Waals surface area contributed by atoms with Crippen LogP contribution in [0.3, 0.4) is 0 Å². The largest absolute Gasteiger partial charge is 0.478 e. The van der Waals surface area contributed by atoms with E-state index < -0.39 is 11.8 Å². The lowest BCUT2D eigenvalue weighted by molar-refractivity contribution is -0.131. The maximum Gasteiger partial charge on any atom is 0.328 e. The maximum absolute atomic E-state index is 14.2. The van der Waals surface area contributed by atoms with Crippen LogP contribution in [0.4, 0.5) is 15.8 Å². The van der Waals surface area contributed by atoms with Crippen LogP contribution in [0.2, 0.25) is 0 Å². The van der Waals surface area contributed by atoms with E-state index in [4.69, 9.17) is 5.11 Å². The van der Waals surface area contributed by atoms with Gasteiger partial charge in [0.15, 0.2) is 0 Å². The Morgan fingerprint density at radius 3 is 2.28 bits per heavy atom. The van der Waals surface area contributed by atoms with Crippen molar-refractivity contribution >= 4 is 29.3 Å². The molecule has 0 saturated heterocycles. The lowest BCUT2D eigenvalue weighted by Crippen LogP contribution is -2.32. The summed E-state index contributed by atoms with van der Waals surface area (Å²) in [5.41, 5.74) is 3.22. The van der Waals surface area contributed by atoms with Crippen molar-refractivity contribution in [1.82, 2.24) is 0 Å². The maximum atomic E-state index is 14.2. The summed E-state index contributed by atoms with van der Waals surface area (Å²) in [6.45, 7) is 11.9. The predicted octanol–water partition coefficient (Wildman–Crippen LogP) is 5.53. The molecule has 0 spiro atoms. The molecule has 2 rings (SSSR count). The van der Waals surface area contributed by atoms with Crippen molar-refractivity contribution in [1.29, 1.82) is 0 Å². The summed E-state index contributed by atoms with van der Waals surface area (Å²) >= 11 is 0. The molecule has 1 amide bonds. The molecule has 0 aromatic heterocycles. The summed E-state index contributed by atoms with van der Waals surface area (Å²) in [7, 11) is 0. The Balaban J connectivity index is 2.39. The number of amides is 1. The highest BCUT2D eigenvalue weighted by Crippen LogP contribution is 2.30. The van der Waals surface area contributed by atoms with E-state index >= 15 is 0 Å². The molecule has 172 valence electrons. The third-order valence-corrected chi connectivity index (χ3v) is 4.78. The predicted molar refractivity (Wildman–Crippen MR) is 128 cm³/mol. The molecule has 0 bridgehead atoms. The number of carbonyl (C=O) groups is 2. The van der Waals surface area contributed by atoms with Crippen molar-refractivity contribution < 1.29 is 19.1 Å². The van der Waals surface area contributed by atoms with Crippen molar-refractivity contribution in [2.24, 2.45) is 11.8 Å². The fourth-order valence-electron chi connectivity index (χ4n) is 3.52. The summed E-state index contributed by atoms with van der Waals surface area (Å²) in [4.78, 5) is 25.9. The standard InChI is InChI=1S/C26H33FN2O3/c1-17(2)15-29(16-18(3)4)24-10-7-20(8-11-26(31)32)13-23(24)28-25(30)14-21-9-6-19(5)12-22(21)27/h6-13,17-18H,14-16H2,1-5H3,(H,28,30)(H,31,32)/b11-8+. The number of carboxylic acids is 1. The van der Waals surface area contributed by atoms with Crippen molar-refractivity contribution in [3.8, 4) is 0 Å². The van der Waals surface area contributed by atoms with Crippen LogP contribution in [0.15, 0.2) is 42.5 Å². The Morgan fingerprint density at radius 2 is 1.72 bits per heavy atom. The summed E-state index contributed by atoms with van der Waals surface area (Å²) in [6.07, 6.45) is 2.45. The number of carboxylic acid groups (broad SMARTS) is 1. The van der Waals surface area contributed by atoms with Crippen molar-refractivity contribution in [3.63, 3.8) is 0 Å². The van der Waals surface area contributed by atoms with Crippen LogP contribution in [0, 0.1) is 24.6 Å². The summed E-state index contributed by atoms with van der Waals surface area (Å²) in [5, 5.41) is 11.9. The first-order valence-electron chi connectivity index (χ1n) is 10.9. The number of halogens is 1. The second kappa shape index (κ2) is 11.5. The molecule has 2 N–H and O–H groups in total. The molecule has 5 nitrogen and oxygen atoms in total. The number of rotatable bonds is 10. The Hall–Kier alpha value is -3.15. The second-order valence-electron chi connectivity index (χ2n) is 8.96. The van der Waals surface area contributed by atoms with Gasteiger partial charge in [-0.1, -0.05) is 45.9 Å². The number of anilines is 2. The topological polar surface area (TPSA) is 69.6 Å². The highest BCUT2D eigenvalue weighted by Gasteiger charge is 2.17. The molecule has 32 heavy (non-hydrogen) atoms. The summed E-state index contributed by atoms with van der Waals surface area (Å²) < 4.78 is 14.2. The van der Waals surface area contributed by atoms with Crippen LogP contribution >= 0.6 is 0 Å². The first-order valence-corrected chi connectivity index (χ1v) is 10.9. The third kappa shape index (κ3) is 7.84. The molecule has 0 aliphatic rings. The Labute approximate surface area is 190 Å². The van der Waals surface area contributed by atoms with Crippen LogP contribution in [-0.2, 0) is 16.0 Å². The number of nitrogens with one attached hydrogen (secondary N) is 1. The zero-order valence-electron chi connectivity index (χ0n) is 19.5. The SMILES string of the molecule is Cc1ccc(CC(=O)Nc2cc(/C=C/C(=O)O)ccc2N(CC(C)C)CC(C)C)c(F)c1. The van der Waals surface area contributed by atoms with Crippen molar-refractivity contribution in [3.05, 3.63) is 65.0 Å². The van der Waals surface area contributed by atoms with Crippen LogP contribution in [-0.4, -0.2) is 30.1 Å². The molecule has 2 aromatic rings. The van der Waals surface area contributed by atoms with E-state index in [1.165, 1.54) is 12.1 Å². The number of carbonyl (C=O) groups excluding carboxylic acids is 1. The Bertz CT molecular complexity index is 973. The molecule has 0 radical (unpaired) electrons. The monoisotopic (exact) mass is 440 g/mol. The minimum absolute atomic E-state index is 0.0882. The van der Waals surface area contributed by atoms with E-state index in [0.29, 0.717) is 28.7 Å². The van der Waals surface area contributed by atoms with E-state index in [9.17, 15) is 14.0 Å². The number of hydrogen-bond donors (Lipinski definition) is 2. The van der Waals surface area contributed by atoms with Gasteiger partial charge in [0, 0.05) is 19.2 Å². The van der Waals surface area contributed by atoms with E-state index in [1.54, 1.807) is 25.1 Å². The number of aryl methyl sites for hydroxylation is 1. The number of benzene rings is 2. The Kier molecular flexibility index (Phi) is 9.00. The van der Waals surface area contributed by atoms with Gasteiger partial charge in [-0.15, -0.1) is 0 Å². The van der Waals surface area contributed by atoms with Gasteiger partial charge in [0.05, 0.1) is 17.8 Å². The van der Waals surface area contributed by atoms with Gasteiger partial charge in [-0.2, -0.15) is 0 Å². The van der Waals surface area contributed by atoms with Crippen molar-refractivity contribution in [2.75, 3.05) is 23.3 Å². The normalized spacial score (nSPS) is 11.4. The molecule has 0 unspecified atom stereocenters. The molecule has 0 aliphatic heterocycles. The van der Waals surface area contributed by atoms with Gasteiger partial charge in [-0.25, -0.2) is 9.18 Å². The summed E-state index contributed by atoms with van der Waals surface area (Å²) in [5.74, 6) is -0.964.